The first kappa shape index (κ1) is 18.1. The molecule has 1 aliphatic heterocycles. The molecule has 8 heteroatoms. The summed E-state index contributed by atoms with van der Waals surface area (Å²) in [4.78, 5) is 26.0. The van der Waals surface area contributed by atoms with Gasteiger partial charge in [-0.15, -0.1) is 0 Å². The number of hydrogen-bond acceptors (Lipinski definition) is 4. The summed E-state index contributed by atoms with van der Waals surface area (Å²) in [7, 11) is -3.31. The minimum absolute atomic E-state index is 0.0123. The number of hydrogen-bond donors (Lipinski definition) is 1. The molecular weight excluding hydrogens is 359 g/mol. The number of carbonyl (C=O) groups excluding carboxylic acids is 2. The first-order chi connectivity index (χ1) is 12.3. The number of para-hydroxylation sites is 1. The number of nitrogens with zero attached hydrogens (tertiary/aromatic N) is 1. The molecule has 26 heavy (non-hydrogen) atoms. The van der Waals surface area contributed by atoms with Crippen molar-refractivity contribution in [3.8, 4) is 0 Å². The lowest BCUT2D eigenvalue weighted by atomic mass is 10.1. The summed E-state index contributed by atoms with van der Waals surface area (Å²) in [5.74, 6) is -1.82. The van der Waals surface area contributed by atoms with Gasteiger partial charge in [-0.05, 0) is 36.4 Å². The van der Waals surface area contributed by atoms with Gasteiger partial charge in [0.1, 0.15) is 5.82 Å². The molecule has 1 aliphatic rings. The van der Waals surface area contributed by atoms with Crippen LogP contribution in [0.3, 0.4) is 0 Å². The zero-order valence-corrected chi connectivity index (χ0v) is 14.8. The van der Waals surface area contributed by atoms with E-state index in [1.807, 2.05) is 0 Å². The zero-order valence-electron chi connectivity index (χ0n) is 14.0. The van der Waals surface area contributed by atoms with E-state index in [2.05, 4.69) is 5.32 Å². The third-order valence-corrected chi connectivity index (χ3v) is 5.32. The van der Waals surface area contributed by atoms with Crippen LogP contribution in [0.2, 0.25) is 0 Å². The van der Waals surface area contributed by atoms with Crippen molar-refractivity contribution >= 4 is 33.0 Å². The molecule has 1 fully saturated rings. The van der Waals surface area contributed by atoms with Gasteiger partial charge in [-0.2, -0.15) is 0 Å². The Morgan fingerprint density at radius 2 is 1.81 bits per heavy atom. The summed E-state index contributed by atoms with van der Waals surface area (Å²) in [5, 5.41) is 2.66. The maximum absolute atomic E-state index is 13.9. The quantitative estimate of drug-likeness (QED) is 0.887. The second-order valence-corrected chi connectivity index (χ2v) is 8.16. The minimum Gasteiger partial charge on any atom is -0.326 e. The summed E-state index contributed by atoms with van der Waals surface area (Å²) < 4.78 is 36.8. The van der Waals surface area contributed by atoms with Crippen LogP contribution >= 0.6 is 0 Å². The number of benzene rings is 2. The molecule has 1 heterocycles. The van der Waals surface area contributed by atoms with Crippen LogP contribution in [-0.2, 0) is 19.4 Å². The van der Waals surface area contributed by atoms with E-state index in [-0.39, 0.29) is 35.4 Å². The Labute approximate surface area is 150 Å². The molecule has 2 aromatic rings. The molecule has 1 N–H and O–H groups in total. The van der Waals surface area contributed by atoms with Crippen molar-refractivity contribution in [1.29, 1.82) is 0 Å². The molecule has 3 rings (SSSR count). The van der Waals surface area contributed by atoms with Gasteiger partial charge in [0.05, 0.1) is 16.5 Å². The highest BCUT2D eigenvalue weighted by Gasteiger charge is 2.36. The highest BCUT2D eigenvalue weighted by molar-refractivity contribution is 7.90. The van der Waals surface area contributed by atoms with Crippen molar-refractivity contribution < 1.29 is 22.4 Å². The van der Waals surface area contributed by atoms with Crippen LogP contribution < -0.4 is 10.2 Å². The minimum atomic E-state index is -3.31. The number of amides is 2. The van der Waals surface area contributed by atoms with Gasteiger partial charge in [-0.25, -0.2) is 12.8 Å². The van der Waals surface area contributed by atoms with Crippen LogP contribution in [0.15, 0.2) is 53.4 Å². The SMILES string of the molecule is CS(=O)(=O)c1ccc(NC(=O)[C@H]2CC(=O)N(c3ccccc3F)C2)cc1. The van der Waals surface area contributed by atoms with Crippen LogP contribution in [0.5, 0.6) is 0 Å². The fourth-order valence-electron chi connectivity index (χ4n) is 2.82. The van der Waals surface area contributed by atoms with Crippen LogP contribution in [0.4, 0.5) is 15.8 Å². The maximum atomic E-state index is 13.9. The van der Waals surface area contributed by atoms with Crippen LogP contribution in [0.1, 0.15) is 6.42 Å². The van der Waals surface area contributed by atoms with E-state index in [0.29, 0.717) is 5.69 Å². The van der Waals surface area contributed by atoms with Crippen molar-refractivity contribution in [2.75, 3.05) is 23.0 Å². The lowest BCUT2D eigenvalue weighted by Gasteiger charge is -2.17. The highest BCUT2D eigenvalue weighted by Crippen LogP contribution is 2.28. The lowest BCUT2D eigenvalue weighted by Crippen LogP contribution is -2.28. The Bertz CT molecular complexity index is 957. The van der Waals surface area contributed by atoms with Crippen molar-refractivity contribution in [1.82, 2.24) is 0 Å². The predicted octanol–water partition coefficient (Wildman–Crippen LogP) is 2.22. The molecule has 136 valence electrons. The monoisotopic (exact) mass is 376 g/mol. The second-order valence-electron chi connectivity index (χ2n) is 6.14. The van der Waals surface area contributed by atoms with E-state index in [9.17, 15) is 22.4 Å². The van der Waals surface area contributed by atoms with Gasteiger partial charge in [0, 0.05) is 24.9 Å². The Hall–Kier alpha value is -2.74. The average molecular weight is 376 g/mol. The number of sulfone groups is 1. The van der Waals surface area contributed by atoms with Crippen molar-refractivity contribution in [3.63, 3.8) is 0 Å². The van der Waals surface area contributed by atoms with Crippen molar-refractivity contribution in [2.45, 2.75) is 11.3 Å². The number of carbonyl (C=O) groups is 2. The second kappa shape index (κ2) is 6.87. The normalized spacial score (nSPS) is 17.4. The Morgan fingerprint density at radius 1 is 1.15 bits per heavy atom. The van der Waals surface area contributed by atoms with E-state index in [1.165, 1.54) is 47.4 Å². The summed E-state index contributed by atoms with van der Waals surface area (Å²) in [6.07, 6.45) is 1.09. The molecule has 0 aliphatic carbocycles. The molecule has 0 unspecified atom stereocenters. The molecule has 0 radical (unpaired) electrons. The standard InChI is InChI=1S/C18H17FN2O4S/c1-26(24,25)14-8-6-13(7-9-14)20-18(23)12-10-17(22)21(11-12)16-5-3-2-4-15(16)19/h2-9,12H,10-11H2,1H3,(H,20,23)/t12-/m0/s1. The zero-order chi connectivity index (χ0) is 18.9. The third kappa shape index (κ3) is 3.75. The highest BCUT2D eigenvalue weighted by atomic mass is 32.2. The summed E-state index contributed by atoms with van der Waals surface area (Å²) >= 11 is 0. The molecule has 1 atom stereocenters. The topological polar surface area (TPSA) is 83.5 Å². The first-order valence-electron chi connectivity index (χ1n) is 7.91. The van der Waals surface area contributed by atoms with Crippen LogP contribution in [0.25, 0.3) is 0 Å². The third-order valence-electron chi connectivity index (χ3n) is 4.19. The molecular formula is C18H17FN2O4S. The summed E-state index contributed by atoms with van der Waals surface area (Å²) in [5.41, 5.74) is 0.587. The van der Waals surface area contributed by atoms with Gasteiger partial charge >= 0.3 is 0 Å². The molecule has 1 saturated heterocycles. The molecule has 2 aromatic carbocycles. The molecule has 2 amide bonds. The van der Waals surface area contributed by atoms with E-state index in [1.54, 1.807) is 6.07 Å². The molecule has 0 spiro atoms. The van der Waals surface area contributed by atoms with E-state index >= 15 is 0 Å². The van der Waals surface area contributed by atoms with Gasteiger partial charge in [-0.3, -0.25) is 9.59 Å². The number of nitrogens with one attached hydrogen (secondary N) is 1. The van der Waals surface area contributed by atoms with Gasteiger partial charge in [-0.1, -0.05) is 12.1 Å². The molecule has 0 bridgehead atoms. The molecule has 0 aromatic heterocycles. The Kier molecular flexibility index (Phi) is 4.78. The van der Waals surface area contributed by atoms with Crippen LogP contribution in [0, 0.1) is 11.7 Å². The van der Waals surface area contributed by atoms with Gasteiger partial charge in [0.15, 0.2) is 9.84 Å². The van der Waals surface area contributed by atoms with Gasteiger partial charge < -0.3 is 10.2 Å². The Morgan fingerprint density at radius 3 is 2.42 bits per heavy atom. The van der Waals surface area contributed by atoms with E-state index in [4.69, 9.17) is 0 Å². The van der Waals surface area contributed by atoms with Crippen molar-refractivity contribution in [2.24, 2.45) is 5.92 Å². The first-order valence-corrected chi connectivity index (χ1v) is 9.81. The number of halogens is 1. The van der Waals surface area contributed by atoms with E-state index < -0.39 is 21.6 Å². The molecule has 6 nitrogen and oxygen atoms in total. The summed E-state index contributed by atoms with van der Waals surface area (Å²) in [6, 6.07) is 11.7. The Balaban J connectivity index is 1.70. The van der Waals surface area contributed by atoms with E-state index in [0.717, 1.165) is 6.26 Å². The van der Waals surface area contributed by atoms with Crippen molar-refractivity contribution in [3.05, 3.63) is 54.3 Å². The number of anilines is 2. The molecule has 0 saturated carbocycles. The fraction of sp³-hybridized carbons (Fsp3) is 0.222. The predicted molar refractivity (Wildman–Crippen MR) is 95.0 cm³/mol. The maximum Gasteiger partial charge on any atom is 0.229 e. The number of rotatable bonds is 4. The van der Waals surface area contributed by atoms with Crippen LogP contribution in [-0.4, -0.2) is 33.0 Å². The smallest absolute Gasteiger partial charge is 0.229 e. The van der Waals surface area contributed by atoms with Gasteiger partial charge in [0.2, 0.25) is 11.8 Å². The largest absolute Gasteiger partial charge is 0.326 e. The average Bonchev–Trinajstić information content (AvgIpc) is 2.97. The fourth-order valence-corrected chi connectivity index (χ4v) is 3.45. The lowest BCUT2D eigenvalue weighted by molar-refractivity contribution is -0.122. The van der Waals surface area contributed by atoms with Gasteiger partial charge in [0.25, 0.3) is 0 Å². The summed E-state index contributed by atoms with van der Waals surface area (Å²) in [6.45, 7) is 0.0903.